The van der Waals surface area contributed by atoms with Crippen molar-refractivity contribution in [2.75, 3.05) is 7.05 Å². The molecule has 7 heteroatoms. The molecule has 2 bridgehead atoms. The van der Waals surface area contributed by atoms with E-state index in [1.165, 1.54) is 6.07 Å². The standard InChI is InChI=1S/C27H28FN5O/c1-14-24-20-11-23(25(14)24)32(2)26(20)27(34)31-19(12-29)9-17-5-4-16(10-21(17)28)15-6-7-22-18(8-15)13-30-33(22)3/h4-8,10,13-14,19-20,23-26H,9,11H2,1-3H3,(H,31,34)/t14-,19-,20?,23?,24?,25?,26?/m0/s1. The van der Waals surface area contributed by atoms with Crippen molar-refractivity contribution in [1.29, 1.82) is 5.26 Å². The van der Waals surface area contributed by atoms with Crippen LogP contribution >= 0.6 is 0 Å². The molecule has 34 heavy (non-hydrogen) atoms. The zero-order chi connectivity index (χ0) is 23.7. The molecule has 1 amide bonds. The lowest BCUT2D eigenvalue weighted by atomic mass is 9.94. The summed E-state index contributed by atoms with van der Waals surface area (Å²) in [5.74, 6) is 1.99. The van der Waals surface area contributed by atoms with Crippen LogP contribution in [0.15, 0.2) is 42.6 Å². The highest BCUT2D eigenvalue weighted by Crippen LogP contribution is 2.66. The maximum Gasteiger partial charge on any atom is 0.238 e. The Morgan fingerprint density at radius 2 is 2.00 bits per heavy atom. The van der Waals surface area contributed by atoms with Gasteiger partial charge in [-0.15, -0.1) is 0 Å². The van der Waals surface area contributed by atoms with E-state index in [-0.39, 0.29) is 24.2 Å². The van der Waals surface area contributed by atoms with E-state index < -0.39 is 6.04 Å². The largest absolute Gasteiger partial charge is 0.339 e. The van der Waals surface area contributed by atoms with Gasteiger partial charge in [0.1, 0.15) is 11.9 Å². The number of fused-ring (bicyclic) bond motifs is 6. The summed E-state index contributed by atoms with van der Waals surface area (Å²) in [6.07, 6.45) is 3.01. The first kappa shape index (κ1) is 21.3. The number of nitrogens with one attached hydrogen (secondary N) is 1. The molecule has 0 radical (unpaired) electrons. The van der Waals surface area contributed by atoms with E-state index >= 15 is 4.39 Å². The van der Waals surface area contributed by atoms with Gasteiger partial charge in [0.2, 0.25) is 5.91 Å². The Hall–Kier alpha value is -3.24. The predicted molar refractivity (Wildman–Crippen MR) is 127 cm³/mol. The van der Waals surface area contributed by atoms with Gasteiger partial charge in [-0.1, -0.05) is 25.1 Å². The lowest BCUT2D eigenvalue weighted by Gasteiger charge is -2.31. The monoisotopic (exact) mass is 457 g/mol. The molecule has 1 N–H and O–H groups in total. The van der Waals surface area contributed by atoms with Gasteiger partial charge in [-0.25, -0.2) is 4.39 Å². The number of piperidine rings is 1. The number of aryl methyl sites for hydroxylation is 1. The number of hydrogen-bond acceptors (Lipinski definition) is 4. The molecule has 174 valence electrons. The molecule has 2 aliphatic carbocycles. The molecule has 7 atom stereocenters. The van der Waals surface area contributed by atoms with Crippen molar-refractivity contribution < 1.29 is 9.18 Å². The molecular formula is C27H28FN5O. The van der Waals surface area contributed by atoms with Crippen molar-refractivity contribution in [3.63, 3.8) is 0 Å². The van der Waals surface area contributed by atoms with Crippen molar-refractivity contribution in [2.45, 2.75) is 37.9 Å². The average molecular weight is 458 g/mol. The van der Waals surface area contributed by atoms with E-state index in [4.69, 9.17) is 0 Å². The molecule has 6 nitrogen and oxygen atoms in total. The van der Waals surface area contributed by atoms with Crippen molar-refractivity contribution in [3.8, 4) is 17.2 Å². The second kappa shape index (κ2) is 7.64. The van der Waals surface area contributed by atoms with Crippen LogP contribution in [0.1, 0.15) is 18.9 Å². The number of likely N-dealkylation sites (N-methyl/N-ethyl adjacent to an activating group) is 1. The third-order valence-electron chi connectivity index (χ3n) is 8.64. The van der Waals surface area contributed by atoms with Gasteiger partial charge >= 0.3 is 0 Å². The van der Waals surface area contributed by atoms with Crippen LogP contribution in [0.3, 0.4) is 0 Å². The molecule has 1 aliphatic heterocycles. The third kappa shape index (κ3) is 3.16. The van der Waals surface area contributed by atoms with Crippen LogP contribution in [0, 0.1) is 40.8 Å². The Kier molecular flexibility index (Phi) is 4.79. The minimum absolute atomic E-state index is 0.0964. The van der Waals surface area contributed by atoms with Gasteiger partial charge in [0.15, 0.2) is 0 Å². The molecular weight excluding hydrogens is 429 g/mol. The second-order valence-electron chi connectivity index (χ2n) is 10.3. The zero-order valence-electron chi connectivity index (χ0n) is 19.6. The maximum atomic E-state index is 15.0. The molecule has 3 aromatic rings. The van der Waals surface area contributed by atoms with E-state index in [0.29, 0.717) is 29.4 Å². The third-order valence-corrected chi connectivity index (χ3v) is 8.64. The number of carbonyl (C=O) groups is 1. The summed E-state index contributed by atoms with van der Waals surface area (Å²) in [5, 5.41) is 17.9. The van der Waals surface area contributed by atoms with Crippen molar-refractivity contribution in [3.05, 3.63) is 54.0 Å². The SMILES string of the molecule is C[C@H]1C2C3CC(C21)N(C)C3C(=O)N[C@H](C#N)Cc1ccc(-c2ccc3c(cnn3C)c2)cc1F. The topological polar surface area (TPSA) is 74.0 Å². The molecule has 5 unspecified atom stereocenters. The van der Waals surface area contributed by atoms with Gasteiger partial charge in [0.05, 0.1) is 23.8 Å². The van der Waals surface area contributed by atoms with Gasteiger partial charge in [-0.2, -0.15) is 10.4 Å². The van der Waals surface area contributed by atoms with Gasteiger partial charge in [0.25, 0.3) is 0 Å². The first-order valence-corrected chi connectivity index (χ1v) is 12.0. The predicted octanol–water partition coefficient (Wildman–Crippen LogP) is 3.51. The minimum atomic E-state index is -0.764. The number of nitriles is 1. The van der Waals surface area contributed by atoms with Crippen LogP contribution in [0.2, 0.25) is 0 Å². The van der Waals surface area contributed by atoms with Crippen LogP contribution in [0.25, 0.3) is 22.0 Å². The molecule has 2 saturated carbocycles. The zero-order valence-corrected chi connectivity index (χ0v) is 19.6. The highest BCUT2D eigenvalue weighted by Gasteiger charge is 2.69. The number of carbonyl (C=O) groups excluding carboxylic acids is 1. The van der Waals surface area contributed by atoms with Crippen LogP contribution in [0.4, 0.5) is 4.39 Å². The summed E-state index contributed by atoms with van der Waals surface area (Å²) in [6.45, 7) is 2.28. The number of likely N-dealkylation sites (tertiary alicyclic amines) is 1. The molecule has 2 heterocycles. The quantitative estimate of drug-likeness (QED) is 0.636. The lowest BCUT2D eigenvalue weighted by Crippen LogP contribution is -2.51. The summed E-state index contributed by atoms with van der Waals surface area (Å²) < 4.78 is 16.8. The number of benzene rings is 2. The molecule has 1 saturated heterocycles. The fourth-order valence-electron chi connectivity index (χ4n) is 6.91. The molecule has 3 aliphatic rings. The summed E-state index contributed by atoms with van der Waals surface area (Å²) in [7, 11) is 3.91. The summed E-state index contributed by atoms with van der Waals surface area (Å²) in [4.78, 5) is 15.3. The molecule has 3 fully saturated rings. The highest BCUT2D eigenvalue weighted by atomic mass is 19.1. The normalized spacial score (nSPS) is 30.2. The Morgan fingerprint density at radius 3 is 2.76 bits per heavy atom. The van der Waals surface area contributed by atoms with Crippen molar-refractivity contribution >= 4 is 16.8 Å². The Morgan fingerprint density at radius 1 is 1.24 bits per heavy atom. The molecule has 1 aromatic heterocycles. The Labute approximate surface area is 198 Å². The van der Waals surface area contributed by atoms with Crippen LogP contribution in [-0.2, 0) is 18.3 Å². The average Bonchev–Trinajstić information content (AvgIpc) is 3.12. The van der Waals surface area contributed by atoms with E-state index in [1.807, 2.05) is 38.4 Å². The van der Waals surface area contributed by atoms with Gasteiger partial charge in [0, 0.05) is 24.9 Å². The first-order valence-electron chi connectivity index (χ1n) is 12.0. The molecule has 2 aromatic carbocycles. The number of nitrogens with zero attached hydrogens (tertiary/aromatic N) is 4. The number of amides is 1. The van der Waals surface area contributed by atoms with E-state index in [2.05, 4.69) is 28.3 Å². The number of halogens is 1. The van der Waals surface area contributed by atoms with Crippen LogP contribution in [0.5, 0.6) is 0 Å². The van der Waals surface area contributed by atoms with Crippen LogP contribution < -0.4 is 5.32 Å². The molecule has 0 spiro atoms. The van der Waals surface area contributed by atoms with Crippen molar-refractivity contribution in [1.82, 2.24) is 20.0 Å². The van der Waals surface area contributed by atoms with Gasteiger partial charge in [-0.05, 0) is 72.0 Å². The summed E-state index contributed by atoms with van der Waals surface area (Å²) in [6, 6.07) is 12.7. The smallest absolute Gasteiger partial charge is 0.238 e. The van der Waals surface area contributed by atoms with E-state index in [0.717, 1.165) is 34.4 Å². The van der Waals surface area contributed by atoms with Crippen LogP contribution in [-0.4, -0.2) is 45.8 Å². The minimum Gasteiger partial charge on any atom is -0.339 e. The summed E-state index contributed by atoms with van der Waals surface area (Å²) in [5.41, 5.74) is 3.11. The fraction of sp³-hybridized carbons (Fsp3) is 0.444. The van der Waals surface area contributed by atoms with E-state index in [1.54, 1.807) is 16.9 Å². The number of hydrogen-bond donors (Lipinski definition) is 1. The number of rotatable bonds is 5. The van der Waals surface area contributed by atoms with E-state index in [9.17, 15) is 10.1 Å². The first-order chi connectivity index (χ1) is 16.4. The fourth-order valence-corrected chi connectivity index (χ4v) is 6.91. The Bertz CT molecular complexity index is 1340. The molecule has 6 rings (SSSR count). The number of aromatic nitrogens is 2. The van der Waals surface area contributed by atoms with Gasteiger partial charge in [-0.3, -0.25) is 14.4 Å². The Balaban J connectivity index is 1.16. The highest BCUT2D eigenvalue weighted by molar-refractivity contribution is 5.85. The second-order valence-corrected chi connectivity index (χ2v) is 10.3. The van der Waals surface area contributed by atoms with Gasteiger partial charge < -0.3 is 5.32 Å². The lowest BCUT2D eigenvalue weighted by molar-refractivity contribution is -0.127. The van der Waals surface area contributed by atoms with Crippen molar-refractivity contribution in [2.24, 2.45) is 30.7 Å². The summed E-state index contributed by atoms with van der Waals surface area (Å²) >= 11 is 0. The maximum absolute atomic E-state index is 15.0.